The fourth-order valence-electron chi connectivity index (χ4n) is 2.75. The average molecular weight is 498 g/mol. The maximum absolute atomic E-state index is 11.7. The predicted octanol–water partition coefficient (Wildman–Crippen LogP) is 2.13. The molecule has 0 saturated carbocycles. The third-order valence-corrected chi connectivity index (χ3v) is 4.12. The molecule has 0 aliphatic heterocycles. The molecule has 0 saturated heterocycles. The smallest absolute Gasteiger partial charge is 0.251 e. The highest BCUT2D eigenvalue weighted by molar-refractivity contribution is 14.0. The van der Waals surface area contributed by atoms with Crippen molar-refractivity contribution in [3.8, 4) is 0 Å². The van der Waals surface area contributed by atoms with E-state index in [-0.39, 0.29) is 29.9 Å². The van der Waals surface area contributed by atoms with E-state index in [1.807, 2.05) is 48.4 Å². The quantitative estimate of drug-likeness (QED) is 0.214. The molecule has 0 spiro atoms. The number of carbonyl (C=O) groups excluding carboxylic acids is 1. The fraction of sp³-hybridized carbons (Fsp3) is 0.450. The SMILES string of the molecule is CCNC(=NCCCc1cnn(C)c1)NCCc1cccc(C(=O)NC)c1.I. The highest BCUT2D eigenvalue weighted by Crippen LogP contribution is 2.06. The van der Waals surface area contributed by atoms with Gasteiger partial charge in [-0.25, -0.2) is 0 Å². The second kappa shape index (κ2) is 13.1. The number of aliphatic imine (C=N–C) groups is 1. The van der Waals surface area contributed by atoms with Gasteiger partial charge in [-0.1, -0.05) is 12.1 Å². The fourth-order valence-corrected chi connectivity index (χ4v) is 2.75. The molecule has 1 amide bonds. The van der Waals surface area contributed by atoms with Gasteiger partial charge in [-0.05, 0) is 49.4 Å². The number of rotatable bonds is 9. The number of aryl methyl sites for hydroxylation is 2. The molecule has 0 bridgehead atoms. The Balaban J connectivity index is 0.00000392. The van der Waals surface area contributed by atoms with Crippen LogP contribution in [0.5, 0.6) is 0 Å². The molecule has 2 rings (SSSR count). The lowest BCUT2D eigenvalue weighted by Crippen LogP contribution is -2.38. The van der Waals surface area contributed by atoms with Gasteiger partial charge in [0.15, 0.2) is 5.96 Å². The zero-order chi connectivity index (χ0) is 19.5. The van der Waals surface area contributed by atoms with Crippen LogP contribution in [0.4, 0.5) is 0 Å². The van der Waals surface area contributed by atoms with Gasteiger partial charge in [0.05, 0.1) is 6.20 Å². The third kappa shape index (κ3) is 8.28. The van der Waals surface area contributed by atoms with Gasteiger partial charge in [0.25, 0.3) is 5.91 Å². The van der Waals surface area contributed by atoms with E-state index in [0.717, 1.165) is 50.4 Å². The molecular formula is C20H31IN6O. The summed E-state index contributed by atoms with van der Waals surface area (Å²) in [6.45, 7) is 4.39. The summed E-state index contributed by atoms with van der Waals surface area (Å²) in [5.41, 5.74) is 3.05. The molecule has 1 aromatic carbocycles. The summed E-state index contributed by atoms with van der Waals surface area (Å²) in [7, 11) is 3.57. The summed E-state index contributed by atoms with van der Waals surface area (Å²) in [6, 6.07) is 7.70. The first kappa shape index (κ1) is 23.9. The van der Waals surface area contributed by atoms with Gasteiger partial charge in [-0.3, -0.25) is 14.5 Å². The number of guanidine groups is 1. The molecule has 2 aromatic rings. The minimum Gasteiger partial charge on any atom is -0.357 e. The molecule has 1 aromatic heterocycles. The van der Waals surface area contributed by atoms with Crippen LogP contribution in [0.25, 0.3) is 0 Å². The van der Waals surface area contributed by atoms with Crippen LogP contribution in [0.15, 0.2) is 41.7 Å². The van der Waals surface area contributed by atoms with Gasteiger partial charge in [0, 0.05) is 45.5 Å². The number of benzene rings is 1. The molecule has 0 fully saturated rings. The van der Waals surface area contributed by atoms with Gasteiger partial charge in [0.2, 0.25) is 0 Å². The van der Waals surface area contributed by atoms with E-state index >= 15 is 0 Å². The van der Waals surface area contributed by atoms with Crippen LogP contribution in [0.3, 0.4) is 0 Å². The lowest BCUT2D eigenvalue weighted by atomic mass is 10.1. The number of hydrogen-bond acceptors (Lipinski definition) is 3. The van der Waals surface area contributed by atoms with Crippen molar-refractivity contribution < 1.29 is 4.79 Å². The summed E-state index contributed by atoms with van der Waals surface area (Å²) in [6.07, 6.45) is 6.73. The zero-order valence-electron chi connectivity index (χ0n) is 16.9. The summed E-state index contributed by atoms with van der Waals surface area (Å²) in [5, 5.41) is 13.5. The standard InChI is InChI=1S/C20H30N6O.HI/c1-4-22-20(23-11-6-8-17-14-25-26(3)15-17)24-12-10-16-7-5-9-18(13-16)19(27)21-2;/h5,7,9,13-15H,4,6,8,10-12H2,1-3H3,(H,21,27)(H2,22,23,24);1H. The largest absolute Gasteiger partial charge is 0.357 e. The van der Waals surface area contributed by atoms with Gasteiger partial charge in [0.1, 0.15) is 0 Å². The molecule has 0 atom stereocenters. The Morgan fingerprint density at radius 3 is 2.71 bits per heavy atom. The van der Waals surface area contributed by atoms with E-state index in [0.29, 0.717) is 5.56 Å². The molecule has 1 heterocycles. The predicted molar refractivity (Wildman–Crippen MR) is 124 cm³/mol. The number of hydrogen-bond donors (Lipinski definition) is 3. The lowest BCUT2D eigenvalue weighted by molar-refractivity contribution is 0.0963. The highest BCUT2D eigenvalue weighted by Gasteiger charge is 2.04. The van der Waals surface area contributed by atoms with E-state index in [9.17, 15) is 4.79 Å². The van der Waals surface area contributed by atoms with Crippen LogP contribution in [0, 0.1) is 0 Å². The maximum Gasteiger partial charge on any atom is 0.251 e. The van der Waals surface area contributed by atoms with Crippen LogP contribution in [0.2, 0.25) is 0 Å². The Bertz CT molecular complexity index is 759. The molecule has 0 radical (unpaired) electrons. The highest BCUT2D eigenvalue weighted by atomic mass is 127. The normalized spacial score (nSPS) is 10.9. The van der Waals surface area contributed by atoms with Crippen molar-refractivity contribution in [3.63, 3.8) is 0 Å². The molecular weight excluding hydrogens is 467 g/mol. The second-order valence-corrected chi connectivity index (χ2v) is 6.34. The Morgan fingerprint density at radius 1 is 1.21 bits per heavy atom. The molecule has 0 aliphatic carbocycles. The molecule has 7 nitrogen and oxygen atoms in total. The first-order chi connectivity index (χ1) is 13.1. The summed E-state index contributed by atoms with van der Waals surface area (Å²) in [5.74, 6) is 0.763. The lowest BCUT2D eigenvalue weighted by Gasteiger charge is -2.11. The van der Waals surface area contributed by atoms with Crippen molar-refractivity contribution in [2.24, 2.45) is 12.0 Å². The number of aromatic nitrogens is 2. The topological polar surface area (TPSA) is 83.3 Å². The van der Waals surface area contributed by atoms with Crippen molar-refractivity contribution in [1.82, 2.24) is 25.7 Å². The zero-order valence-corrected chi connectivity index (χ0v) is 19.2. The summed E-state index contributed by atoms with van der Waals surface area (Å²) in [4.78, 5) is 16.4. The number of amides is 1. The van der Waals surface area contributed by atoms with E-state index in [1.165, 1.54) is 5.56 Å². The Morgan fingerprint density at radius 2 is 2.04 bits per heavy atom. The first-order valence-electron chi connectivity index (χ1n) is 9.43. The van der Waals surface area contributed by atoms with E-state index in [1.54, 1.807) is 7.05 Å². The van der Waals surface area contributed by atoms with Gasteiger partial charge in [-0.2, -0.15) is 5.10 Å². The molecule has 154 valence electrons. The van der Waals surface area contributed by atoms with Crippen LogP contribution in [0.1, 0.15) is 34.8 Å². The molecule has 0 aliphatic rings. The van der Waals surface area contributed by atoms with Crippen LogP contribution in [-0.4, -0.2) is 48.3 Å². The average Bonchev–Trinajstić information content (AvgIpc) is 3.10. The Labute approximate surface area is 184 Å². The molecule has 8 heteroatoms. The van der Waals surface area contributed by atoms with Crippen LogP contribution in [-0.2, 0) is 19.9 Å². The van der Waals surface area contributed by atoms with E-state index in [2.05, 4.69) is 33.0 Å². The monoisotopic (exact) mass is 498 g/mol. The number of nitrogens with zero attached hydrogens (tertiary/aromatic N) is 3. The maximum atomic E-state index is 11.7. The van der Waals surface area contributed by atoms with Crippen LogP contribution >= 0.6 is 24.0 Å². The number of halogens is 1. The Hall–Kier alpha value is -2.10. The van der Waals surface area contributed by atoms with Gasteiger partial charge in [-0.15, -0.1) is 24.0 Å². The summed E-state index contributed by atoms with van der Waals surface area (Å²) < 4.78 is 1.82. The second-order valence-electron chi connectivity index (χ2n) is 6.34. The summed E-state index contributed by atoms with van der Waals surface area (Å²) >= 11 is 0. The van der Waals surface area contributed by atoms with Crippen molar-refractivity contribution >= 4 is 35.8 Å². The van der Waals surface area contributed by atoms with Crippen molar-refractivity contribution in [1.29, 1.82) is 0 Å². The van der Waals surface area contributed by atoms with Crippen molar-refractivity contribution in [2.45, 2.75) is 26.2 Å². The Kier molecular flexibility index (Phi) is 11.2. The van der Waals surface area contributed by atoms with Gasteiger partial charge >= 0.3 is 0 Å². The number of carbonyl (C=O) groups is 1. The van der Waals surface area contributed by atoms with Gasteiger partial charge < -0.3 is 16.0 Å². The molecule has 0 unspecified atom stereocenters. The molecule has 28 heavy (non-hydrogen) atoms. The number of nitrogens with one attached hydrogen (secondary N) is 3. The third-order valence-electron chi connectivity index (χ3n) is 4.12. The molecule has 3 N–H and O–H groups in total. The van der Waals surface area contributed by atoms with E-state index < -0.39 is 0 Å². The van der Waals surface area contributed by atoms with Crippen molar-refractivity contribution in [3.05, 3.63) is 53.3 Å². The minimum atomic E-state index is -0.0617. The minimum absolute atomic E-state index is 0. The van der Waals surface area contributed by atoms with Crippen molar-refractivity contribution in [2.75, 3.05) is 26.7 Å². The first-order valence-corrected chi connectivity index (χ1v) is 9.43. The van der Waals surface area contributed by atoms with E-state index in [4.69, 9.17) is 0 Å². The van der Waals surface area contributed by atoms with Crippen LogP contribution < -0.4 is 16.0 Å².